The van der Waals surface area contributed by atoms with Crippen LogP contribution in [0.2, 0.25) is 0 Å². The van der Waals surface area contributed by atoms with Crippen LogP contribution in [0, 0.1) is 6.92 Å². The van der Waals surface area contributed by atoms with Gasteiger partial charge in [0, 0.05) is 5.56 Å². The summed E-state index contributed by atoms with van der Waals surface area (Å²) < 4.78 is 1.77. The molecule has 90 valence electrons. The van der Waals surface area contributed by atoms with E-state index in [4.69, 9.17) is 11.5 Å². The zero-order valence-electron chi connectivity index (χ0n) is 10.1. The lowest BCUT2D eigenvalue weighted by molar-refractivity contribution is 0.834. The molecular formula is C13H18N4. The molecule has 0 aliphatic heterocycles. The van der Waals surface area contributed by atoms with Gasteiger partial charge in [-0.25, -0.2) is 4.68 Å². The van der Waals surface area contributed by atoms with Gasteiger partial charge in [0.25, 0.3) is 0 Å². The van der Waals surface area contributed by atoms with Crippen LogP contribution in [0.4, 0.5) is 5.82 Å². The molecule has 17 heavy (non-hydrogen) atoms. The molecule has 0 spiro atoms. The summed E-state index contributed by atoms with van der Waals surface area (Å²) in [6.45, 7) is 2.73. The molecule has 0 fully saturated rings. The van der Waals surface area contributed by atoms with E-state index in [0.29, 0.717) is 12.4 Å². The van der Waals surface area contributed by atoms with Crippen LogP contribution in [0.25, 0.3) is 5.69 Å². The molecule has 0 aliphatic carbocycles. The summed E-state index contributed by atoms with van der Waals surface area (Å²) in [6, 6.07) is 8.14. The van der Waals surface area contributed by atoms with Gasteiger partial charge in [0.15, 0.2) is 0 Å². The highest BCUT2D eigenvalue weighted by molar-refractivity contribution is 5.47. The fourth-order valence-electron chi connectivity index (χ4n) is 1.77. The summed E-state index contributed by atoms with van der Waals surface area (Å²) in [5.41, 5.74) is 14.9. The third kappa shape index (κ3) is 2.47. The normalized spacial score (nSPS) is 10.7. The summed E-state index contributed by atoms with van der Waals surface area (Å²) >= 11 is 0. The summed E-state index contributed by atoms with van der Waals surface area (Å²) in [7, 11) is 0. The monoisotopic (exact) mass is 230 g/mol. The van der Waals surface area contributed by atoms with Crippen molar-refractivity contribution in [2.24, 2.45) is 5.73 Å². The first-order valence-corrected chi connectivity index (χ1v) is 5.82. The van der Waals surface area contributed by atoms with Crippen LogP contribution in [-0.2, 0) is 6.42 Å². The molecule has 0 bridgehead atoms. The molecule has 1 aromatic carbocycles. The Hall–Kier alpha value is -1.81. The number of hydrogen-bond acceptors (Lipinski definition) is 3. The van der Waals surface area contributed by atoms with E-state index in [2.05, 4.69) is 24.2 Å². The summed E-state index contributed by atoms with van der Waals surface area (Å²) in [6.07, 6.45) is 3.64. The highest BCUT2D eigenvalue weighted by Crippen LogP contribution is 2.18. The molecule has 4 nitrogen and oxygen atoms in total. The van der Waals surface area contributed by atoms with E-state index in [9.17, 15) is 0 Å². The van der Waals surface area contributed by atoms with Crippen molar-refractivity contribution in [1.82, 2.24) is 9.78 Å². The molecule has 0 saturated heterocycles. The van der Waals surface area contributed by atoms with Crippen molar-refractivity contribution in [3.05, 3.63) is 41.6 Å². The lowest BCUT2D eigenvalue weighted by Gasteiger charge is -2.05. The van der Waals surface area contributed by atoms with Crippen LogP contribution in [0.15, 0.2) is 30.5 Å². The number of hydrogen-bond donors (Lipinski definition) is 2. The Kier molecular flexibility index (Phi) is 3.44. The predicted octanol–water partition coefficient (Wildman–Crippen LogP) is 1.65. The average Bonchev–Trinajstić information content (AvgIpc) is 2.69. The zero-order chi connectivity index (χ0) is 12.3. The number of nitrogen functional groups attached to an aromatic ring is 1. The smallest absolute Gasteiger partial charge is 0.130 e. The van der Waals surface area contributed by atoms with Crippen molar-refractivity contribution in [1.29, 1.82) is 0 Å². The van der Waals surface area contributed by atoms with Gasteiger partial charge >= 0.3 is 0 Å². The molecule has 0 atom stereocenters. The number of nitrogens with two attached hydrogens (primary N) is 2. The highest BCUT2D eigenvalue weighted by atomic mass is 15.3. The van der Waals surface area contributed by atoms with Crippen LogP contribution in [0.5, 0.6) is 0 Å². The fraction of sp³-hybridized carbons (Fsp3) is 0.308. The maximum absolute atomic E-state index is 6.07. The van der Waals surface area contributed by atoms with Crippen LogP contribution in [0.3, 0.4) is 0 Å². The summed E-state index contributed by atoms with van der Waals surface area (Å²) in [4.78, 5) is 0. The topological polar surface area (TPSA) is 69.9 Å². The molecule has 1 aromatic heterocycles. The van der Waals surface area contributed by atoms with Crippen LogP contribution in [0.1, 0.15) is 17.5 Å². The lowest BCUT2D eigenvalue weighted by atomic mass is 10.2. The molecule has 4 N–H and O–H groups in total. The first kappa shape index (κ1) is 11.7. The molecule has 0 saturated carbocycles. The summed E-state index contributed by atoms with van der Waals surface area (Å²) in [5.74, 6) is 0.710. The highest BCUT2D eigenvalue weighted by Gasteiger charge is 2.08. The van der Waals surface area contributed by atoms with Crippen molar-refractivity contribution >= 4 is 5.82 Å². The molecule has 0 unspecified atom stereocenters. The van der Waals surface area contributed by atoms with Crippen molar-refractivity contribution in [2.75, 3.05) is 12.3 Å². The Morgan fingerprint density at radius 3 is 2.59 bits per heavy atom. The Balaban J connectivity index is 2.27. The van der Waals surface area contributed by atoms with Crippen molar-refractivity contribution in [2.45, 2.75) is 19.8 Å². The van der Waals surface area contributed by atoms with E-state index in [1.807, 2.05) is 18.3 Å². The van der Waals surface area contributed by atoms with Gasteiger partial charge < -0.3 is 11.5 Å². The van der Waals surface area contributed by atoms with E-state index in [1.54, 1.807) is 4.68 Å². The molecule has 0 radical (unpaired) electrons. The van der Waals surface area contributed by atoms with Gasteiger partial charge in [0.05, 0.1) is 11.9 Å². The molecule has 1 heterocycles. The molecule has 2 aromatic rings. The van der Waals surface area contributed by atoms with Gasteiger partial charge in [0.2, 0.25) is 0 Å². The first-order valence-electron chi connectivity index (χ1n) is 5.82. The van der Waals surface area contributed by atoms with Crippen molar-refractivity contribution < 1.29 is 0 Å². The van der Waals surface area contributed by atoms with Gasteiger partial charge in [-0.15, -0.1) is 0 Å². The fourth-order valence-corrected chi connectivity index (χ4v) is 1.77. The minimum atomic E-state index is 0.676. The number of aromatic nitrogens is 2. The second-order valence-electron chi connectivity index (χ2n) is 4.19. The van der Waals surface area contributed by atoms with Gasteiger partial charge in [-0.2, -0.15) is 5.10 Å². The Morgan fingerprint density at radius 1 is 1.24 bits per heavy atom. The molecule has 0 aliphatic rings. The minimum Gasteiger partial charge on any atom is -0.383 e. The number of nitrogens with zero attached hydrogens (tertiary/aromatic N) is 2. The SMILES string of the molecule is Cc1ccc(-n2ncc(CCCN)c2N)cc1. The largest absolute Gasteiger partial charge is 0.383 e. The molecule has 2 rings (SSSR count). The average molecular weight is 230 g/mol. The van der Waals surface area contributed by atoms with E-state index < -0.39 is 0 Å². The molecule has 0 amide bonds. The van der Waals surface area contributed by atoms with Crippen LogP contribution >= 0.6 is 0 Å². The summed E-state index contributed by atoms with van der Waals surface area (Å²) in [5, 5.41) is 4.32. The maximum Gasteiger partial charge on any atom is 0.130 e. The third-order valence-electron chi connectivity index (χ3n) is 2.82. The Bertz CT molecular complexity index is 485. The van der Waals surface area contributed by atoms with Crippen LogP contribution < -0.4 is 11.5 Å². The third-order valence-corrected chi connectivity index (χ3v) is 2.82. The van der Waals surface area contributed by atoms with Gasteiger partial charge in [0.1, 0.15) is 5.82 Å². The molecule has 4 heteroatoms. The van der Waals surface area contributed by atoms with Crippen LogP contribution in [-0.4, -0.2) is 16.3 Å². The Morgan fingerprint density at radius 2 is 1.94 bits per heavy atom. The standard InChI is InChI=1S/C13H18N4/c1-10-4-6-12(7-5-10)17-13(15)11(9-16-17)3-2-8-14/h4-7,9H,2-3,8,14-15H2,1H3. The van der Waals surface area contributed by atoms with Crippen molar-refractivity contribution in [3.8, 4) is 5.69 Å². The van der Waals surface area contributed by atoms with E-state index >= 15 is 0 Å². The number of benzene rings is 1. The van der Waals surface area contributed by atoms with Gasteiger partial charge in [-0.05, 0) is 38.4 Å². The lowest BCUT2D eigenvalue weighted by Crippen LogP contribution is -2.04. The molecular weight excluding hydrogens is 212 g/mol. The Labute approximate surface area is 101 Å². The quantitative estimate of drug-likeness (QED) is 0.839. The second kappa shape index (κ2) is 5.01. The van der Waals surface area contributed by atoms with E-state index in [1.165, 1.54) is 5.56 Å². The van der Waals surface area contributed by atoms with E-state index in [0.717, 1.165) is 24.1 Å². The second-order valence-corrected chi connectivity index (χ2v) is 4.19. The van der Waals surface area contributed by atoms with Gasteiger partial charge in [-0.1, -0.05) is 17.7 Å². The number of rotatable bonds is 4. The predicted molar refractivity (Wildman–Crippen MR) is 70.1 cm³/mol. The zero-order valence-corrected chi connectivity index (χ0v) is 10.1. The minimum absolute atomic E-state index is 0.676. The van der Waals surface area contributed by atoms with Gasteiger partial charge in [-0.3, -0.25) is 0 Å². The maximum atomic E-state index is 6.07. The number of aryl methyl sites for hydroxylation is 2. The number of anilines is 1. The van der Waals surface area contributed by atoms with Crippen molar-refractivity contribution in [3.63, 3.8) is 0 Å². The first-order chi connectivity index (χ1) is 8.22. The van der Waals surface area contributed by atoms with E-state index in [-0.39, 0.29) is 0 Å².